The lowest BCUT2D eigenvalue weighted by atomic mass is 9.93. The van der Waals surface area contributed by atoms with Crippen molar-refractivity contribution in [1.82, 2.24) is 9.97 Å². The molecular formula is C18H10N2. The first-order valence-corrected chi connectivity index (χ1v) is 6.69. The third-order valence-corrected chi connectivity index (χ3v) is 4.08. The highest BCUT2D eigenvalue weighted by Gasteiger charge is 2.11. The van der Waals surface area contributed by atoms with Gasteiger partial charge in [-0.05, 0) is 33.0 Å². The maximum absolute atomic E-state index is 4.52. The minimum absolute atomic E-state index is 0.957. The quantitative estimate of drug-likeness (QED) is 0.300. The van der Waals surface area contributed by atoms with E-state index in [9.17, 15) is 0 Å². The number of hydrogen-bond donors (Lipinski definition) is 0. The van der Waals surface area contributed by atoms with Crippen LogP contribution >= 0.6 is 0 Å². The molecule has 0 bridgehead atoms. The van der Waals surface area contributed by atoms with E-state index in [4.69, 9.17) is 0 Å². The number of benzene rings is 4. The summed E-state index contributed by atoms with van der Waals surface area (Å²) < 4.78 is 0. The summed E-state index contributed by atoms with van der Waals surface area (Å²) in [5.41, 5.74) is 1.94. The minimum Gasteiger partial charge on any atom is -0.253 e. The second-order valence-electron chi connectivity index (χ2n) is 5.16. The Hall–Kier alpha value is -2.74. The van der Waals surface area contributed by atoms with E-state index in [2.05, 4.69) is 58.5 Å². The third kappa shape index (κ3) is 1.14. The normalized spacial score (nSPS) is 12.0. The van der Waals surface area contributed by atoms with Crippen LogP contribution in [-0.4, -0.2) is 9.97 Å². The van der Waals surface area contributed by atoms with E-state index < -0.39 is 0 Å². The smallest absolute Gasteiger partial charge is 0.0965 e. The van der Waals surface area contributed by atoms with Gasteiger partial charge in [-0.15, -0.1) is 0 Å². The largest absolute Gasteiger partial charge is 0.253 e. The second kappa shape index (κ2) is 3.42. The van der Waals surface area contributed by atoms with Crippen molar-refractivity contribution in [2.24, 2.45) is 0 Å². The molecule has 0 fully saturated rings. The molecule has 1 aromatic heterocycles. The van der Waals surface area contributed by atoms with E-state index in [-0.39, 0.29) is 0 Å². The van der Waals surface area contributed by atoms with E-state index in [1.165, 1.54) is 32.3 Å². The predicted octanol–water partition coefficient (Wildman–Crippen LogP) is 4.53. The zero-order chi connectivity index (χ0) is 13.1. The highest BCUT2D eigenvalue weighted by atomic mass is 14.8. The van der Waals surface area contributed by atoms with E-state index in [0.717, 1.165) is 11.0 Å². The lowest BCUT2D eigenvalue weighted by molar-refractivity contribution is 1.31. The molecule has 0 aliphatic rings. The highest BCUT2D eigenvalue weighted by Crippen LogP contribution is 2.36. The molecule has 0 aliphatic heterocycles. The standard InChI is InChI=1S/C18H10N2/c1-2-11-4-5-13-10-15-18(20-9-8-19-15)14-7-6-12(3-1)16(11)17(13)14/h1-10H. The van der Waals surface area contributed by atoms with Crippen LogP contribution in [0.4, 0.5) is 0 Å². The van der Waals surface area contributed by atoms with Crippen LogP contribution in [0, 0.1) is 0 Å². The fourth-order valence-corrected chi connectivity index (χ4v) is 3.24. The van der Waals surface area contributed by atoms with Gasteiger partial charge in [0.05, 0.1) is 11.0 Å². The molecule has 0 atom stereocenters. The topological polar surface area (TPSA) is 25.8 Å². The maximum atomic E-state index is 4.52. The molecule has 2 nitrogen and oxygen atoms in total. The van der Waals surface area contributed by atoms with Gasteiger partial charge in [-0.3, -0.25) is 9.97 Å². The van der Waals surface area contributed by atoms with Crippen LogP contribution in [0.5, 0.6) is 0 Å². The molecule has 1 heterocycles. The Bertz CT molecular complexity index is 1080. The van der Waals surface area contributed by atoms with E-state index in [1.54, 1.807) is 12.4 Å². The van der Waals surface area contributed by atoms with Crippen LogP contribution in [0.3, 0.4) is 0 Å². The molecule has 0 amide bonds. The molecular weight excluding hydrogens is 244 g/mol. The first-order valence-electron chi connectivity index (χ1n) is 6.69. The molecule has 4 aromatic carbocycles. The number of hydrogen-bond acceptors (Lipinski definition) is 2. The average Bonchev–Trinajstić information content (AvgIpc) is 2.52. The zero-order valence-electron chi connectivity index (χ0n) is 10.7. The molecule has 92 valence electrons. The molecule has 0 spiro atoms. The molecule has 2 heteroatoms. The van der Waals surface area contributed by atoms with Crippen molar-refractivity contribution in [2.75, 3.05) is 0 Å². The summed E-state index contributed by atoms with van der Waals surface area (Å²) in [5.74, 6) is 0. The number of rotatable bonds is 0. The van der Waals surface area contributed by atoms with Crippen molar-refractivity contribution in [1.29, 1.82) is 0 Å². The summed E-state index contributed by atoms with van der Waals surface area (Å²) in [4.78, 5) is 8.97. The molecule has 0 aliphatic carbocycles. The van der Waals surface area contributed by atoms with Crippen molar-refractivity contribution >= 4 is 43.4 Å². The van der Waals surface area contributed by atoms with Gasteiger partial charge in [0.15, 0.2) is 0 Å². The van der Waals surface area contributed by atoms with Crippen molar-refractivity contribution < 1.29 is 0 Å². The van der Waals surface area contributed by atoms with Crippen molar-refractivity contribution in [3.63, 3.8) is 0 Å². The van der Waals surface area contributed by atoms with E-state index in [1.807, 2.05) is 0 Å². The van der Waals surface area contributed by atoms with Crippen LogP contribution < -0.4 is 0 Å². The molecule has 5 aromatic rings. The van der Waals surface area contributed by atoms with Crippen LogP contribution in [0.2, 0.25) is 0 Å². The van der Waals surface area contributed by atoms with Gasteiger partial charge in [0.1, 0.15) is 0 Å². The Morgan fingerprint density at radius 2 is 1.40 bits per heavy atom. The lowest BCUT2D eigenvalue weighted by Gasteiger charge is -2.11. The summed E-state index contributed by atoms with van der Waals surface area (Å²) in [7, 11) is 0. The number of fused-ring (bicyclic) bond motifs is 2. The van der Waals surface area contributed by atoms with Gasteiger partial charge in [-0.25, -0.2) is 0 Å². The summed E-state index contributed by atoms with van der Waals surface area (Å²) in [6.07, 6.45) is 3.51. The van der Waals surface area contributed by atoms with Gasteiger partial charge in [-0.1, -0.05) is 42.5 Å². The van der Waals surface area contributed by atoms with Crippen LogP contribution in [0.1, 0.15) is 0 Å². The lowest BCUT2D eigenvalue weighted by Crippen LogP contribution is -1.88. The molecule has 5 rings (SSSR count). The fourth-order valence-electron chi connectivity index (χ4n) is 3.24. The highest BCUT2D eigenvalue weighted by molar-refractivity contribution is 6.27. The monoisotopic (exact) mass is 254 g/mol. The van der Waals surface area contributed by atoms with Gasteiger partial charge in [-0.2, -0.15) is 0 Å². The summed E-state index contributed by atoms with van der Waals surface area (Å²) in [5, 5.41) is 7.61. The second-order valence-corrected chi connectivity index (χ2v) is 5.16. The SMILES string of the molecule is c1cc2ccc3cc4nccnc4c4ccc(c1)c2c34. The Morgan fingerprint density at radius 3 is 2.30 bits per heavy atom. The minimum atomic E-state index is 0.957. The first kappa shape index (κ1) is 10.1. The van der Waals surface area contributed by atoms with Crippen LogP contribution in [-0.2, 0) is 0 Å². The van der Waals surface area contributed by atoms with Gasteiger partial charge in [0.2, 0.25) is 0 Å². The van der Waals surface area contributed by atoms with Crippen LogP contribution in [0.15, 0.2) is 60.9 Å². The maximum Gasteiger partial charge on any atom is 0.0965 e. The average molecular weight is 254 g/mol. The molecule has 0 saturated heterocycles. The van der Waals surface area contributed by atoms with Gasteiger partial charge in [0.25, 0.3) is 0 Å². The Morgan fingerprint density at radius 1 is 0.650 bits per heavy atom. The molecule has 0 unspecified atom stereocenters. The van der Waals surface area contributed by atoms with E-state index >= 15 is 0 Å². The molecule has 0 saturated carbocycles. The number of nitrogens with zero attached hydrogens (tertiary/aromatic N) is 2. The Balaban J connectivity index is 2.23. The molecule has 0 radical (unpaired) electrons. The van der Waals surface area contributed by atoms with Gasteiger partial charge in [0, 0.05) is 17.8 Å². The van der Waals surface area contributed by atoms with E-state index in [0.29, 0.717) is 0 Å². The first-order chi connectivity index (χ1) is 9.92. The number of aromatic nitrogens is 2. The predicted molar refractivity (Wildman–Crippen MR) is 83.2 cm³/mol. The Labute approximate surface area is 115 Å². The fraction of sp³-hybridized carbons (Fsp3) is 0. The van der Waals surface area contributed by atoms with Crippen molar-refractivity contribution in [2.45, 2.75) is 0 Å². The third-order valence-electron chi connectivity index (χ3n) is 4.08. The summed E-state index contributed by atoms with van der Waals surface area (Å²) in [6.45, 7) is 0. The van der Waals surface area contributed by atoms with Gasteiger partial charge < -0.3 is 0 Å². The van der Waals surface area contributed by atoms with Crippen molar-refractivity contribution in [3.8, 4) is 0 Å². The van der Waals surface area contributed by atoms with Crippen molar-refractivity contribution in [3.05, 3.63) is 60.9 Å². The Kier molecular flexibility index (Phi) is 1.73. The summed E-state index contributed by atoms with van der Waals surface area (Å²) >= 11 is 0. The zero-order valence-corrected chi connectivity index (χ0v) is 10.7. The van der Waals surface area contributed by atoms with Crippen LogP contribution in [0.25, 0.3) is 43.4 Å². The molecule has 0 N–H and O–H groups in total. The molecule has 20 heavy (non-hydrogen) atoms. The summed E-state index contributed by atoms with van der Waals surface area (Å²) in [6, 6.07) is 17.3. The van der Waals surface area contributed by atoms with Gasteiger partial charge >= 0.3 is 0 Å².